The van der Waals surface area contributed by atoms with Crippen molar-refractivity contribution in [2.24, 2.45) is 0 Å². The number of anilines is 3. The molecule has 1 aliphatic rings. The first-order chi connectivity index (χ1) is 17.6. The molecule has 9 nitrogen and oxygen atoms in total. The molecule has 12 heteroatoms. The molecule has 0 amide bonds. The number of likely N-dealkylation sites (N-methyl/N-ethyl adjacent to an activating group) is 1. The predicted molar refractivity (Wildman–Crippen MR) is 142 cm³/mol. The van der Waals surface area contributed by atoms with E-state index in [0.717, 1.165) is 28.1 Å². The maximum absolute atomic E-state index is 14.9. The molecule has 0 saturated heterocycles. The Labute approximate surface area is 218 Å². The number of hydrogen-bond acceptors (Lipinski definition) is 8. The zero-order valence-electron chi connectivity index (χ0n) is 20.2. The number of hydrogen-bond donors (Lipinski definition) is 3. The Bertz CT molecular complexity index is 1650. The molecule has 3 heterocycles. The molecular weight excluding hydrogens is 519 g/mol. The number of halogens is 2. The highest BCUT2D eigenvalue weighted by atomic mass is 35.5. The average molecular weight is 543 g/mol. The van der Waals surface area contributed by atoms with Gasteiger partial charge in [0.25, 0.3) is 10.0 Å². The van der Waals surface area contributed by atoms with Crippen molar-refractivity contribution < 1.29 is 17.9 Å². The molecule has 5 rings (SSSR count). The Hall–Kier alpha value is -3.54. The summed E-state index contributed by atoms with van der Waals surface area (Å²) in [5, 5.41) is 13.1. The molecule has 0 radical (unpaired) electrons. The number of pyridine rings is 1. The normalized spacial score (nSPS) is 15.2. The van der Waals surface area contributed by atoms with Crippen LogP contribution in [0.15, 0.2) is 47.5 Å². The molecule has 37 heavy (non-hydrogen) atoms. The second kappa shape index (κ2) is 9.40. The summed E-state index contributed by atoms with van der Waals surface area (Å²) in [4.78, 5) is 15.0. The summed E-state index contributed by atoms with van der Waals surface area (Å²) in [5.74, 6) is 0.114. The molecule has 0 saturated carbocycles. The molecule has 0 bridgehead atoms. The maximum atomic E-state index is 14.9. The molecule has 1 aliphatic heterocycles. The smallest absolute Gasteiger partial charge is 0.264 e. The second-order valence-corrected chi connectivity index (χ2v) is 10.9. The van der Waals surface area contributed by atoms with E-state index in [-0.39, 0.29) is 16.6 Å². The van der Waals surface area contributed by atoms with E-state index in [1.807, 2.05) is 31.0 Å². The SMILES string of the molecule is CNc1ncc2cc3c(nc2n1)N(C)[C@H](C)Cc1c(NS(=O)(=O)c2cc(Cl)cc(CO)c2F)cccc1-3. The molecule has 4 aromatic rings. The van der Waals surface area contributed by atoms with Crippen LogP contribution in [0.1, 0.15) is 18.1 Å². The minimum Gasteiger partial charge on any atom is -0.392 e. The number of aliphatic hydroxyl groups is 1. The quantitative estimate of drug-likeness (QED) is 0.343. The van der Waals surface area contributed by atoms with Crippen molar-refractivity contribution >= 4 is 50.1 Å². The lowest BCUT2D eigenvalue weighted by molar-refractivity contribution is 0.274. The van der Waals surface area contributed by atoms with Crippen LogP contribution in [0.5, 0.6) is 0 Å². The van der Waals surface area contributed by atoms with E-state index in [4.69, 9.17) is 16.6 Å². The van der Waals surface area contributed by atoms with Gasteiger partial charge in [-0.3, -0.25) is 4.72 Å². The molecule has 2 aromatic heterocycles. The molecule has 2 aromatic carbocycles. The highest BCUT2D eigenvalue weighted by Gasteiger charge is 2.29. The molecule has 0 spiro atoms. The monoisotopic (exact) mass is 542 g/mol. The van der Waals surface area contributed by atoms with Crippen LogP contribution in [0.2, 0.25) is 5.02 Å². The van der Waals surface area contributed by atoms with Crippen LogP contribution in [-0.2, 0) is 23.1 Å². The minimum atomic E-state index is -4.37. The summed E-state index contributed by atoms with van der Waals surface area (Å²) < 4.78 is 44.1. The number of rotatable bonds is 5. The van der Waals surface area contributed by atoms with E-state index in [1.54, 1.807) is 25.4 Å². The lowest BCUT2D eigenvalue weighted by Gasteiger charge is -2.25. The fourth-order valence-corrected chi connectivity index (χ4v) is 6.01. The summed E-state index contributed by atoms with van der Waals surface area (Å²) in [6, 6.07) is 9.38. The first kappa shape index (κ1) is 25.1. The Morgan fingerprint density at radius 2 is 2.00 bits per heavy atom. The van der Waals surface area contributed by atoms with Gasteiger partial charge in [-0.1, -0.05) is 23.7 Å². The van der Waals surface area contributed by atoms with Gasteiger partial charge in [-0.2, -0.15) is 4.98 Å². The van der Waals surface area contributed by atoms with Crippen LogP contribution < -0.4 is 14.9 Å². The molecule has 192 valence electrons. The van der Waals surface area contributed by atoms with Gasteiger partial charge in [0, 0.05) is 47.9 Å². The Morgan fingerprint density at radius 1 is 1.22 bits per heavy atom. The van der Waals surface area contributed by atoms with Crippen LogP contribution in [0.4, 0.5) is 21.8 Å². The summed E-state index contributed by atoms with van der Waals surface area (Å²) in [7, 11) is -0.712. The first-order valence-corrected chi connectivity index (χ1v) is 13.3. The highest BCUT2D eigenvalue weighted by molar-refractivity contribution is 7.92. The minimum absolute atomic E-state index is 0.00323. The molecule has 1 atom stereocenters. The topological polar surface area (TPSA) is 120 Å². The highest BCUT2D eigenvalue weighted by Crippen LogP contribution is 2.41. The zero-order valence-corrected chi connectivity index (χ0v) is 21.8. The standard InChI is InChI=1S/C25H24ClFN6O3S/c1-13-7-18-17(19-9-14-11-29-25(28-2)31-23(14)30-24(19)33(13)3)5-4-6-20(18)32-37(35,36)21-10-16(26)8-15(12-34)22(21)27/h4-6,8-11,13,32,34H,7,12H2,1-3H3,(H,28,29,30,31)/t13-/m1/s1. The number of aliphatic hydroxyl groups excluding tert-OH is 1. The fraction of sp³-hybridized carbons (Fsp3) is 0.240. The van der Waals surface area contributed by atoms with Crippen molar-refractivity contribution in [3.8, 4) is 11.1 Å². The third-order valence-electron chi connectivity index (χ3n) is 6.52. The van der Waals surface area contributed by atoms with E-state index in [0.29, 0.717) is 29.5 Å². The van der Waals surface area contributed by atoms with Crippen molar-refractivity contribution in [3.05, 3.63) is 64.6 Å². The van der Waals surface area contributed by atoms with Gasteiger partial charge in [0.2, 0.25) is 5.95 Å². The van der Waals surface area contributed by atoms with Crippen molar-refractivity contribution in [2.45, 2.75) is 30.9 Å². The van der Waals surface area contributed by atoms with Gasteiger partial charge in [0.1, 0.15) is 16.5 Å². The van der Waals surface area contributed by atoms with E-state index < -0.39 is 27.3 Å². The van der Waals surface area contributed by atoms with Crippen molar-refractivity contribution in [3.63, 3.8) is 0 Å². The number of fused-ring (bicyclic) bond motifs is 4. The lowest BCUT2D eigenvalue weighted by atomic mass is 9.96. The summed E-state index contributed by atoms with van der Waals surface area (Å²) >= 11 is 6.01. The van der Waals surface area contributed by atoms with Gasteiger partial charge in [0.05, 0.1) is 12.3 Å². The Morgan fingerprint density at radius 3 is 2.73 bits per heavy atom. The largest absolute Gasteiger partial charge is 0.392 e. The third kappa shape index (κ3) is 4.43. The van der Waals surface area contributed by atoms with Crippen LogP contribution in [0.3, 0.4) is 0 Å². The van der Waals surface area contributed by atoms with Gasteiger partial charge < -0.3 is 15.3 Å². The van der Waals surface area contributed by atoms with Crippen LogP contribution in [0, 0.1) is 5.82 Å². The molecule has 0 unspecified atom stereocenters. The molecule has 3 N–H and O–H groups in total. The number of sulfonamides is 1. The van der Waals surface area contributed by atoms with E-state index in [9.17, 15) is 17.9 Å². The van der Waals surface area contributed by atoms with E-state index in [2.05, 4.69) is 20.0 Å². The van der Waals surface area contributed by atoms with Gasteiger partial charge >= 0.3 is 0 Å². The lowest BCUT2D eigenvalue weighted by Crippen LogP contribution is -2.30. The number of nitrogens with zero attached hydrogens (tertiary/aromatic N) is 4. The Balaban J connectivity index is 1.66. The van der Waals surface area contributed by atoms with Gasteiger partial charge in [0.15, 0.2) is 5.65 Å². The van der Waals surface area contributed by atoms with Crippen molar-refractivity contribution in [1.29, 1.82) is 0 Å². The number of aromatic nitrogens is 3. The van der Waals surface area contributed by atoms with Crippen LogP contribution >= 0.6 is 11.6 Å². The third-order valence-corrected chi connectivity index (χ3v) is 8.10. The van der Waals surface area contributed by atoms with Crippen LogP contribution in [-0.4, -0.2) is 48.6 Å². The van der Waals surface area contributed by atoms with E-state index in [1.165, 1.54) is 6.07 Å². The Kier molecular flexibility index (Phi) is 6.38. The summed E-state index contributed by atoms with van der Waals surface area (Å²) in [6.45, 7) is 1.33. The average Bonchev–Trinajstić information content (AvgIpc) is 2.98. The van der Waals surface area contributed by atoms with Gasteiger partial charge in [-0.05, 0) is 48.7 Å². The van der Waals surface area contributed by atoms with Crippen molar-refractivity contribution in [2.75, 3.05) is 29.0 Å². The van der Waals surface area contributed by atoms with Gasteiger partial charge in [-0.25, -0.2) is 22.8 Å². The number of benzene rings is 2. The first-order valence-electron chi connectivity index (χ1n) is 11.4. The van der Waals surface area contributed by atoms with Crippen LogP contribution in [0.25, 0.3) is 22.2 Å². The maximum Gasteiger partial charge on any atom is 0.264 e. The second-order valence-electron chi connectivity index (χ2n) is 8.85. The predicted octanol–water partition coefficient (Wildman–Crippen LogP) is 4.20. The summed E-state index contributed by atoms with van der Waals surface area (Å²) in [5.41, 5.74) is 2.98. The van der Waals surface area contributed by atoms with Gasteiger partial charge in [-0.15, -0.1) is 0 Å². The fourth-order valence-electron chi connectivity index (χ4n) is 4.47. The molecule has 0 fully saturated rings. The van der Waals surface area contributed by atoms with E-state index >= 15 is 0 Å². The zero-order chi connectivity index (χ0) is 26.5. The molecule has 0 aliphatic carbocycles. The summed E-state index contributed by atoms with van der Waals surface area (Å²) in [6.07, 6.45) is 2.17. The van der Waals surface area contributed by atoms with Crippen molar-refractivity contribution in [1.82, 2.24) is 15.0 Å². The number of nitrogens with one attached hydrogen (secondary N) is 2. The molecular formula is C25H24ClFN6O3S.